The minimum absolute atomic E-state index is 0.0504. The number of benzene rings is 3. The molecule has 0 spiro atoms. The number of hydrogen-bond donors (Lipinski definition) is 3. The van der Waals surface area contributed by atoms with Crippen LogP contribution < -0.4 is 21.3 Å². The lowest BCUT2D eigenvalue weighted by Gasteiger charge is -2.36. The van der Waals surface area contributed by atoms with Gasteiger partial charge in [0.1, 0.15) is 22.9 Å². The molecule has 3 aromatic carbocycles. The number of aromatic nitrogens is 3. The predicted octanol–water partition coefficient (Wildman–Crippen LogP) is 5.33. The summed E-state index contributed by atoms with van der Waals surface area (Å²) in [6.45, 7) is 2.48. The van der Waals surface area contributed by atoms with E-state index in [0.29, 0.717) is 50.1 Å². The fraction of sp³-hybridized carbons (Fsp3) is 0.359. The predicted molar refractivity (Wildman–Crippen MR) is 195 cm³/mol. The zero-order valence-electron chi connectivity index (χ0n) is 28.7. The molecule has 1 saturated heterocycles. The van der Waals surface area contributed by atoms with Gasteiger partial charge in [-0.15, -0.1) is 0 Å². The quantitative estimate of drug-likeness (QED) is 0.168. The van der Waals surface area contributed by atoms with Crippen LogP contribution >= 0.6 is 0 Å². The van der Waals surface area contributed by atoms with E-state index in [1.165, 1.54) is 43.0 Å². The number of fused-ring (bicyclic) bond motifs is 1. The lowest BCUT2D eigenvalue weighted by molar-refractivity contribution is -0.133. The molecule has 7 rings (SSSR count). The van der Waals surface area contributed by atoms with Crippen LogP contribution in [0.2, 0.25) is 0 Å². The van der Waals surface area contributed by atoms with Crippen molar-refractivity contribution in [3.05, 3.63) is 102 Å². The van der Waals surface area contributed by atoms with Gasteiger partial charge in [-0.05, 0) is 60.7 Å². The molecule has 12 heteroatoms. The molecule has 2 fully saturated rings. The highest BCUT2D eigenvalue weighted by Gasteiger charge is 2.31. The summed E-state index contributed by atoms with van der Waals surface area (Å²) in [6, 6.07) is 24.1. The number of oxazole rings is 1. The first-order valence-electron chi connectivity index (χ1n) is 17.9. The molecular weight excluding hydrogens is 644 g/mol. The van der Waals surface area contributed by atoms with Crippen molar-refractivity contribution in [2.24, 2.45) is 5.92 Å². The summed E-state index contributed by atoms with van der Waals surface area (Å²) in [6.07, 6.45) is 9.05. The number of piperazine rings is 1. The number of carbonyl (C=O) groups is 3. The van der Waals surface area contributed by atoms with E-state index in [2.05, 4.69) is 25.6 Å². The molecule has 0 bridgehead atoms. The first-order valence-corrected chi connectivity index (χ1v) is 17.9. The van der Waals surface area contributed by atoms with Crippen LogP contribution in [0.5, 0.6) is 0 Å². The van der Waals surface area contributed by atoms with Crippen molar-refractivity contribution in [3.63, 3.8) is 0 Å². The average molecular weight is 689 g/mol. The number of carbonyl (C=O) groups excluding carboxylic acids is 3. The normalized spacial score (nSPS) is 15.8. The Morgan fingerprint density at radius 3 is 2.33 bits per heavy atom. The summed E-state index contributed by atoms with van der Waals surface area (Å²) in [5.41, 5.74) is 10.1. The molecule has 3 heterocycles. The van der Waals surface area contributed by atoms with Crippen LogP contribution in [0.15, 0.2) is 89.5 Å². The number of nitrogens with one attached hydrogen (secondary N) is 2. The first kappa shape index (κ1) is 33.8. The third-order valence-corrected chi connectivity index (χ3v) is 10.1. The maximum atomic E-state index is 13.9. The van der Waals surface area contributed by atoms with Gasteiger partial charge in [0, 0.05) is 38.3 Å². The second kappa shape index (κ2) is 15.5. The van der Waals surface area contributed by atoms with Gasteiger partial charge in [-0.25, -0.2) is 4.68 Å². The molecule has 1 aliphatic carbocycles. The van der Waals surface area contributed by atoms with Crippen LogP contribution in [0.3, 0.4) is 0 Å². The Morgan fingerprint density at radius 2 is 1.59 bits per heavy atom. The Hall–Kier alpha value is -5.65. The van der Waals surface area contributed by atoms with Gasteiger partial charge in [-0.3, -0.25) is 14.4 Å². The van der Waals surface area contributed by atoms with Crippen molar-refractivity contribution in [2.45, 2.75) is 57.5 Å². The van der Waals surface area contributed by atoms with Gasteiger partial charge in [-0.2, -0.15) is 10.1 Å². The van der Waals surface area contributed by atoms with Gasteiger partial charge in [0.15, 0.2) is 5.58 Å². The summed E-state index contributed by atoms with van der Waals surface area (Å²) in [5.74, 6) is 0.151. The molecule has 12 nitrogen and oxygen atoms in total. The number of rotatable bonds is 11. The number of anilines is 2. The highest BCUT2D eigenvalue weighted by molar-refractivity contribution is 5.99. The lowest BCUT2D eigenvalue weighted by atomic mass is 9.85. The lowest BCUT2D eigenvalue weighted by Crippen LogP contribution is -2.55. The Morgan fingerprint density at radius 1 is 0.863 bits per heavy atom. The van der Waals surface area contributed by atoms with Crippen molar-refractivity contribution in [1.29, 1.82) is 0 Å². The average Bonchev–Trinajstić information content (AvgIpc) is 3.80. The minimum atomic E-state index is -0.614. The van der Waals surface area contributed by atoms with E-state index >= 15 is 0 Å². The van der Waals surface area contributed by atoms with Crippen molar-refractivity contribution in [2.75, 3.05) is 36.8 Å². The number of para-hydroxylation sites is 3. The van der Waals surface area contributed by atoms with Gasteiger partial charge >= 0.3 is 0 Å². The van der Waals surface area contributed by atoms with Crippen molar-refractivity contribution in [1.82, 2.24) is 30.3 Å². The zero-order chi connectivity index (χ0) is 35.2. The molecule has 51 heavy (non-hydrogen) atoms. The Kier molecular flexibility index (Phi) is 10.3. The van der Waals surface area contributed by atoms with Crippen LogP contribution in [0.1, 0.15) is 71.2 Å². The van der Waals surface area contributed by atoms with Crippen molar-refractivity contribution in [3.8, 4) is 5.69 Å². The first-order chi connectivity index (χ1) is 24.9. The highest BCUT2D eigenvalue weighted by Crippen LogP contribution is 2.28. The fourth-order valence-electron chi connectivity index (χ4n) is 7.07. The summed E-state index contributed by atoms with van der Waals surface area (Å²) in [7, 11) is 0. The fourth-order valence-corrected chi connectivity index (χ4v) is 7.07. The van der Waals surface area contributed by atoms with E-state index in [4.69, 9.17) is 10.2 Å². The third kappa shape index (κ3) is 7.90. The number of nitrogen functional groups attached to an aromatic ring is 1. The molecule has 0 unspecified atom stereocenters. The number of amides is 3. The van der Waals surface area contributed by atoms with Crippen molar-refractivity contribution < 1.29 is 18.8 Å². The highest BCUT2D eigenvalue weighted by atomic mass is 16.4. The van der Waals surface area contributed by atoms with Gasteiger partial charge in [0.05, 0.1) is 11.9 Å². The van der Waals surface area contributed by atoms with E-state index in [9.17, 15) is 14.4 Å². The van der Waals surface area contributed by atoms with Gasteiger partial charge in [0.25, 0.3) is 17.8 Å². The summed E-state index contributed by atoms with van der Waals surface area (Å²) >= 11 is 0. The van der Waals surface area contributed by atoms with Gasteiger partial charge < -0.3 is 30.6 Å². The Bertz CT molecular complexity index is 1930. The van der Waals surface area contributed by atoms with Crippen molar-refractivity contribution >= 4 is 40.7 Å². The number of hydrogen-bond acceptors (Lipinski definition) is 8. The molecular formula is C39H44N8O4. The van der Waals surface area contributed by atoms with Crippen LogP contribution in [0.4, 0.5) is 11.8 Å². The second-order valence-corrected chi connectivity index (χ2v) is 13.5. The van der Waals surface area contributed by atoms with E-state index in [1.807, 2.05) is 59.5 Å². The number of nitrogens with two attached hydrogens (primary N) is 1. The Labute approximate surface area is 297 Å². The van der Waals surface area contributed by atoms with Crippen LogP contribution in [0.25, 0.3) is 16.8 Å². The van der Waals surface area contributed by atoms with Crippen LogP contribution in [-0.2, 0) is 11.3 Å². The molecule has 1 atom stereocenters. The monoisotopic (exact) mass is 688 g/mol. The summed E-state index contributed by atoms with van der Waals surface area (Å²) < 4.78 is 7.48. The molecule has 4 N–H and O–H groups in total. The maximum Gasteiger partial charge on any atom is 0.298 e. The SMILES string of the molecule is Nc1c(C(=O)NCc2ccc(C(=O)N[C@@H](CCC3CCCCC3)C(=O)N3CCN(c4nc5ccccc5o4)CC3)cc2)cnn1-c1ccccc1. The number of nitrogens with zero attached hydrogens (tertiary/aromatic N) is 5. The maximum absolute atomic E-state index is 13.9. The third-order valence-electron chi connectivity index (χ3n) is 10.1. The van der Waals surface area contributed by atoms with E-state index in [1.54, 1.807) is 24.3 Å². The molecule has 0 radical (unpaired) electrons. The molecule has 5 aromatic rings. The Balaban J connectivity index is 0.957. The summed E-state index contributed by atoms with van der Waals surface area (Å²) in [4.78, 5) is 48.9. The second-order valence-electron chi connectivity index (χ2n) is 13.5. The molecule has 2 aliphatic rings. The van der Waals surface area contributed by atoms with E-state index in [0.717, 1.165) is 28.8 Å². The molecule has 2 aromatic heterocycles. The molecule has 1 saturated carbocycles. The van der Waals surface area contributed by atoms with Gasteiger partial charge in [-0.1, -0.05) is 74.6 Å². The van der Waals surface area contributed by atoms with E-state index in [-0.39, 0.29) is 35.6 Å². The van der Waals surface area contributed by atoms with Crippen LogP contribution in [-0.4, -0.2) is 69.6 Å². The summed E-state index contributed by atoms with van der Waals surface area (Å²) in [5, 5.41) is 10.2. The molecule has 1 aliphatic heterocycles. The smallest absolute Gasteiger partial charge is 0.298 e. The standard InChI is InChI=1S/C39H44N8O4/c40-35-31(26-42-47(35)30-11-5-2-6-12-30)37(49)41-25-28-15-18-29(19-16-28)36(48)43-33(20-17-27-9-3-1-4-10-27)38(50)45-21-23-46(24-22-45)39-44-32-13-7-8-14-34(32)51-39/h2,5-8,11-16,18-19,26-27,33H,1,3-4,9-10,17,20-25,40H2,(H,41,49)(H,43,48)/t33-/m0/s1. The largest absolute Gasteiger partial charge is 0.423 e. The minimum Gasteiger partial charge on any atom is -0.423 e. The zero-order valence-corrected chi connectivity index (χ0v) is 28.7. The van der Waals surface area contributed by atoms with Gasteiger partial charge in [0.2, 0.25) is 5.91 Å². The van der Waals surface area contributed by atoms with E-state index < -0.39 is 6.04 Å². The molecule has 264 valence electrons. The van der Waals surface area contributed by atoms with Crippen LogP contribution in [0, 0.1) is 5.92 Å². The topological polar surface area (TPSA) is 152 Å². The molecule has 3 amide bonds.